The number of nitrogens with zero attached hydrogens (tertiary/aromatic N) is 2. The van der Waals surface area contributed by atoms with Crippen LogP contribution in [0, 0.1) is 0 Å². The van der Waals surface area contributed by atoms with Crippen molar-refractivity contribution in [2.24, 2.45) is 0 Å². The minimum absolute atomic E-state index is 0.470. The van der Waals surface area contributed by atoms with Gasteiger partial charge in [-0.25, -0.2) is 0 Å². The van der Waals surface area contributed by atoms with Gasteiger partial charge in [0.25, 0.3) is 0 Å². The van der Waals surface area contributed by atoms with E-state index in [1.165, 1.54) is 12.8 Å². The first-order chi connectivity index (χ1) is 6.90. The fourth-order valence-corrected chi connectivity index (χ4v) is 1.84. The molecule has 1 unspecified atom stereocenters. The first-order valence-electron chi connectivity index (χ1n) is 5.43. The van der Waals surface area contributed by atoms with Gasteiger partial charge in [-0.15, -0.1) is 10.2 Å². The van der Waals surface area contributed by atoms with Gasteiger partial charge in [0.05, 0.1) is 0 Å². The van der Waals surface area contributed by atoms with E-state index in [0.29, 0.717) is 5.92 Å². The molecule has 2 rings (SSSR count). The molecule has 0 saturated carbocycles. The van der Waals surface area contributed by atoms with Crippen LogP contribution in [0.4, 0.5) is 0 Å². The lowest BCUT2D eigenvalue weighted by molar-refractivity contribution is 0.401. The highest BCUT2D eigenvalue weighted by molar-refractivity contribution is 4.92. The van der Waals surface area contributed by atoms with E-state index in [4.69, 9.17) is 4.42 Å². The summed E-state index contributed by atoms with van der Waals surface area (Å²) in [7, 11) is 0. The SMILES string of the molecule is CCc1nnc(C2CCCNCC2)o1. The van der Waals surface area contributed by atoms with Gasteiger partial charge in [-0.1, -0.05) is 6.92 Å². The van der Waals surface area contributed by atoms with Gasteiger partial charge < -0.3 is 9.73 Å². The highest BCUT2D eigenvalue weighted by Crippen LogP contribution is 2.24. The number of hydrogen-bond donors (Lipinski definition) is 1. The minimum atomic E-state index is 0.470. The molecule has 4 heteroatoms. The first-order valence-corrected chi connectivity index (χ1v) is 5.43. The Morgan fingerprint density at radius 1 is 1.36 bits per heavy atom. The predicted molar refractivity (Wildman–Crippen MR) is 53.1 cm³/mol. The zero-order valence-electron chi connectivity index (χ0n) is 8.62. The fraction of sp³-hybridized carbons (Fsp3) is 0.800. The van der Waals surface area contributed by atoms with Crippen molar-refractivity contribution in [1.29, 1.82) is 0 Å². The largest absolute Gasteiger partial charge is 0.425 e. The molecule has 78 valence electrons. The van der Waals surface area contributed by atoms with Gasteiger partial charge in [0, 0.05) is 12.3 Å². The fourth-order valence-electron chi connectivity index (χ4n) is 1.84. The lowest BCUT2D eigenvalue weighted by Gasteiger charge is -2.06. The van der Waals surface area contributed by atoms with E-state index in [1.54, 1.807) is 0 Å². The molecule has 1 N–H and O–H groups in total. The smallest absolute Gasteiger partial charge is 0.219 e. The molecule has 0 radical (unpaired) electrons. The van der Waals surface area contributed by atoms with Crippen molar-refractivity contribution in [2.45, 2.75) is 38.5 Å². The molecule has 0 aliphatic carbocycles. The Kier molecular flexibility index (Phi) is 3.14. The van der Waals surface area contributed by atoms with Crippen LogP contribution < -0.4 is 5.32 Å². The van der Waals surface area contributed by atoms with E-state index in [9.17, 15) is 0 Å². The zero-order valence-corrected chi connectivity index (χ0v) is 8.62. The van der Waals surface area contributed by atoms with Crippen LogP contribution in [0.5, 0.6) is 0 Å². The first kappa shape index (κ1) is 9.65. The van der Waals surface area contributed by atoms with Gasteiger partial charge in [0.1, 0.15) is 0 Å². The van der Waals surface area contributed by atoms with Gasteiger partial charge in [0.2, 0.25) is 11.8 Å². The van der Waals surface area contributed by atoms with E-state index in [1.807, 2.05) is 6.92 Å². The lowest BCUT2D eigenvalue weighted by atomic mass is 10.0. The molecule has 4 nitrogen and oxygen atoms in total. The molecule has 1 aliphatic rings. The summed E-state index contributed by atoms with van der Waals surface area (Å²) in [6.45, 7) is 4.21. The topological polar surface area (TPSA) is 51.0 Å². The molecule has 0 spiro atoms. The Morgan fingerprint density at radius 2 is 2.29 bits per heavy atom. The van der Waals surface area contributed by atoms with Crippen molar-refractivity contribution in [3.05, 3.63) is 11.8 Å². The molecule has 1 saturated heterocycles. The summed E-state index contributed by atoms with van der Waals surface area (Å²) in [5.74, 6) is 2.07. The number of nitrogens with one attached hydrogen (secondary N) is 1. The molecular formula is C10H17N3O. The third kappa shape index (κ3) is 2.12. The van der Waals surface area contributed by atoms with E-state index in [2.05, 4.69) is 15.5 Å². The van der Waals surface area contributed by atoms with E-state index in [-0.39, 0.29) is 0 Å². The Labute approximate surface area is 84.1 Å². The van der Waals surface area contributed by atoms with Crippen LogP contribution in [0.15, 0.2) is 4.42 Å². The van der Waals surface area contributed by atoms with Gasteiger partial charge in [0.15, 0.2) is 0 Å². The van der Waals surface area contributed by atoms with Crippen LogP contribution >= 0.6 is 0 Å². The van der Waals surface area contributed by atoms with Crippen LogP contribution in [0.2, 0.25) is 0 Å². The van der Waals surface area contributed by atoms with Crippen LogP contribution in [0.1, 0.15) is 43.9 Å². The molecule has 0 aromatic carbocycles. The number of aryl methyl sites for hydroxylation is 1. The second kappa shape index (κ2) is 4.55. The maximum atomic E-state index is 5.58. The average Bonchev–Trinajstić information content (AvgIpc) is 2.53. The Balaban J connectivity index is 2.04. The molecule has 1 aromatic heterocycles. The maximum Gasteiger partial charge on any atom is 0.219 e. The monoisotopic (exact) mass is 195 g/mol. The van der Waals surface area contributed by atoms with Crippen molar-refractivity contribution >= 4 is 0 Å². The van der Waals surface area contributed by atoms with Crippen molar-refractivity contribution in [1.82, 2.24) is 15.5 Å². The summed E-state index contributed by atoms with van der Waals surface area (Å²) in [4.78, 5) is 0. The molecule has 14 heavy (non-hydrogen) atoms. The molecule has 1 fully saturated rings. The van der Waals surface area contributed by atoms with Crippen LogP contribution in [-0.2, 0) is 6.42 Å². The van der Waals surface area contributed by atoms with Crippen molar-refractivity contribution in [3.8, 4) is 0 Å². The Morgan fingerprint density at radius 3 is 3.07 bits per heavy atom. The number of hydrogen-bond acceptors (Lipinski definition) is 4. The molecule has 1 aromatic rings. The molecule has 1 atom stereocenters. The maximum absolute atomic E-state index is 5.58. The second-order valence-corrected chi connectivity index (χ2v) is 3.77. The van der Waals surface area contributed by atoms with Crippen LogP contribution in [0.3, 0.4) is 0 Å². The quantitative estimate of drug-likeness (QED) is 0.776. The predicted octanol–water partition coefficient (Wildman–Crippen LogP) is 1.49. The van der Waals surface area contributed by atoms with Gasteiger partial charge >= 0.3 is 0 Å². The van der Waals surface area contributed by atoms with E-state index >= 15 is 0 Å². The van der Waals surface area contributed by atoms with Crippen molar-refractivity contribution in [3.63, 3.8) is 0 Å². The molecule has 2 heterocycles. The summed E-state index contributed by atoms with van der Waals surface area (Å²) in [5.41, 5.74) is 0. The number of aromatic nitrogens is 2. The minimum Gasteiger partial charge on any atom is -0.425 e. The number of rotatable bonds is 2. The standard InChI is InChI=1S/C10H17N3O/c1-2-9-12-13-10(14-9)8-4-3-6-11-7-5-8/h8,11H,2-7H2,1H3. The molecule has 0 bridgehead atoms. The van der Waals surface area contributed by atoms with Crippen molar-refractivity contribution in [2.75, 3.05) is 13.1 Å². The lowest BCUT2D eigenvalue weighted by Crippen LogP contribution is -2.13. The summed E-state index contributed by atoms with van der Waals surface area (Å²) >= 11 is 0. The molecule has 0 amide bonds. The van der Waals surface area contributed by atoms with E-state index in [0.717, 1.165) is 37.7 Å². The summed E-state index contributed by atoms with van der Waals surface area (Å²) in [5, 5.41) is 11.5. The Hall–Kier alpha value is -0.900. The summed E-state index contributed by atoms with van der Waals surface area (Å²) in [6, 6.07) is 0. The van der Waals surface area contributed by atoms with Crippen LogP contribution in [0.25, 0.3) is 0 Å². The molecule has 1 aliphatic heterocycles. The second-order valence-electron chi connectivity index (χ2n) is 3.77. The highest BCUT2D eigenvalue weighted by atomic mass is 16.4. The average molecular weight is 195 g/mol. The third-order valence-corrected chi connectivity index (χ3v) is 2.71. The third-order valence-electron chi connectivity index (χ3n) is 2.71. The van der Waals surface area contributed by atoms with Gasteiger partial charge in [-0.3, -0.25) is 0 Å². The highest BCUT2D eigenvalue weighted by Gasteiger charge is 2.19. The van der Waals surface area contributed by atoms with Gasteiger partial charge in [-0.2, -0.15) is 0 Å². The Bertz CT molecular complexity index is 277. The van der Waals surface area contributed by atoms with Crippen LogP contribution in [-0.4, -0.2) is 23.3 Å². The summed E-state index contributed by atoms with van der Waals surface area (Å²) < 4.78 is 5.58. The normalized spacial score (nSPS) is 23.4. The molecular weight excluding hydrogens is 178 g/mol. The zero-order chi connectivity index (χ0) is 9.80. The van der Waals surface area contributed by atoms with E-state index < -0.39 is 0 Å². The summed E-state index contributed by atoms with van der Waals surface area (Å²) in [6.07, 6.45) is 4.32. The van der Waals surface area contributed by atoms with Gasteiger partial charge in [-0.05, 0) is 32.4 Å². The van der Waals surface area contributed by atoms with Crippen molar-refractivity contribution < 1.29 is 4.42 Å².